The van der Waals surface area contributed by atoms with Gasteiger partial charge in [0.1, 0.15) is 0 Å². The first-order valence-electron chi connectivity index (χ1n) is 9.42. The highest BCUT2D eigenvalue weighted by Crippen LogP contribution is 2.24. The molecule has 0 saturated heterocycles. The van der Waals surface area contributed by atoms with Crippen molar-refractivity contribution < 1.29 is 18.0 Å². The molecule has 0 aliphatic heterocycles. The van der Waals surface area contributed by atoms with Gasteiger partial charge in [-0.2, -0.15) is 4.31 Å². The van der Waals surface area contributed by atoms with Crippen molar-refractivity contribution in [3.8, 4) is 0 Å². The van der Waals surface area contributed by atoms with Crippen molar-refractivity contribution in [3.05, 3.63) is 101 Å². The molecule has 0 aliphatic rings. The molecule has 3 rings (SSSR count). The van der Waals surface area contributed by atoms with Gasteiger partial charge < -0.3 is 5.32 Å². The van der Waals surface area contributed by atoms with Crippen molar-refractivity contribution >= 4 is 39.0 Å². The molecule has 1 amide bonds. The highest BCUT2D eigenvalue weighted by molar-refractivity contribution is 7.88. The Hall–Kier alpha value is -3.00. The van der Waals surface area contributed by atoms with Crippen LogP contribution < -0.4 is 5.32 Å². The second-order valence-corrected chi connectivity index (χ2v) is 9.37. The van der Waals surface area contributed by atoms with Crippen LogP contribution in [0.5, 0.6) is 0 Å². The van der Waals surface area contributed by atoms with E-state index in [-0.39, 0.29) is 23.6 Å². The zero-order valence-electron chi connectivity index (χ0n) is 16.8. The van der Waals surface area contributed by atoms with E-state index >= 15 is 0 Å². The summed E-state index contributed by atoms with van der Waals surface area (Å²) in [6.07, 6.45) is 1.05. The van der Waals surface area contributed by atoms with Crippen LogP contribution in [0.15, 0.2) is 78.9 Å². The standard InChI is InChI=1S/C23H21ClN2O4S/c1-31(29,30)26(15-17-8-4-2-5-9-17)16-22(27)25-21-13-12-19(24)14-20(21)23(28)18-10-6-3-7-11-18/h2-14H,15-16H2,1H3,(H,25,27). The molecular weight excluding hydrogens is 436 g/mol. The number of benzene rings is 3. The molecule has 0 bridgehead atoms. The van der Waals surface area contributed by atoms with E-state index in [1.54, 1.807) is 60.7 Å². The Labute approximate surface area is 186 Å². The van der Waals surface area contributed by atoms with Crippen molar-refractivity contribution in [3.63, 3.8) is 0 Å². The molecule has 8 heteroatoms. The van der Waals surface area contributed by atoms with Crippen LogP contribution in [0, 0.1) is 0 Å². The zero-order chi connectivity index (χ0) is 22.4. The van der Waals surface area contributed by atoms with E-state index < -0.39 is 22.5 Å². The summed E-state index contributed by atoms with van der Waals surface area (Å²) in [4.78, 5) is 25.6. The minimum atomic E-state index is -3.64. The molecule has 0 saturated carbocycles. The molecule has 0 atom stereocenters. The van der Waals surface area contributed by atoms with Gasteiger partial charge >= 0.3 is 0 Å². The van der Waals surface area contributed by atoms with E-state index in [1.165, 1.54) is 12.1 Å². The quantitative estimate of drug-likeness (QED) is 0.520. The average molecular weight is 457 g/mol. The lowest BCUT2D eigenvalue weighted by atomic mass is 10.0. The molecule has 0 aromatic heterocycles. The Kier molecular flexibility index (Phi) is 7.22. The Balaban J connectivity index is 1.81. The summed E-state index contributed by atoms with van der Waals surface area (Å²) in [5.41, 5.74) is 1.69. The van der Waals surface area contributed by atoms with Gasteiger partial charge in [0.15, 0.2) is 5.78 Å². The fraction of sp³-hybridized carbons (Fsp3) is 0.130. The zero-order valence-corrected chi connectivity index (χ0v) is 18.4. The lowest BCUT2D eigenvalue weighted by molar-refractivity contribution is -0.116. The number of nitrogens with zero attached hydrogens (tertiary/aromatic N) is 1. The maximum Gasteiger partial charge on any atom is 0.239 e. The van der Waals surface area contributed by atoms with Crippen molar-refractivity contribution in [2.45, 2.75) is 6.54 Å². The van der Waals surface area contributed by atoms with Crippen molar-refractivity contribution in [2.24, 2.45) is 0 Å². The van der Waals surface area contributed by atoms with Crippen LogP contribution in [0.1, 0.15) is 21.5 Å². The van der Waals surface area contributed by atoms with Crippen LogP contribution in [0.3, 0.4) is 0 Å². The molecule has 3 aromatic carbocycles. The third-order valence-electron chi connectivity index (χ3n) is 4.53. The molecule has 0 radical (unpaired) electrons. The van der Waals surface area contributed by atoms with Crippen LogP contribution in [0.25, 0.3) is 0 Å². The van der Waals surface area contributed by atoms with Gasteiger partial charge in [-0.1, -0.05) is 72.3 Å². The molecule has 0 aliphatic carbocycles. The molecule has 0 fully saturated rings. The van der Waals surface area contributed by atoms with Crippen molar-refractivity contribution in [2.75, 3.05) is 18.1 Å². The van der Waals surface area contributed by atoms with Gasteiger partial charge in [-0.15, -0.1) is 0 Å². The number of carbonyl (C=O) groups excluding carboxylic acids is 2. The largest absolute Gasteiger partial charge is 0.324 e. The molecule has 0 unspecified atom stereocenters. The fourth-order valence-corrected chi connectivity index (χ4v) is 3.89. The molecule has 160 valence electrons. The summed E-state index contributed by atoms with van der Waals surface area (Å²) in [6, 6.07) is 22.2. The van der Waals surface area contributed by atoms with Crippen LogP contribution in [-0.4, -0.2) is 37.2 Å². The van der Waals surface area contributed by atoms with E-state index in [4.69, 9.17) is 11.6 Å². The smallest absolute Gasteiger partial charge is 0.239 e. The van der Waals surface area contributed by atoms with Gasteiger partial charge in [-0.05, 0) is 23.8 Å². The van der Waals surface area contributed by atoms with Gasteiger partial charge in [0.05, 0.1) is 18.5 Å². The maximum absolute atomic E-state index is 12.9. The summed E-state index contributed by atoms with van der Waals surface area (Å²) >= 11 is 6.07. The van der Waals surface area contributed by atoms with E-state index in [0.717, 1.165) is 16.1 Å². The van der Waals surface area contributed by atoms with Crippen LogP contribution in [0.4, 0.5) is 5.69 Å². The lowest BCUT2D eigenvalue weighted by Crippen LogP contribution is -2.37. The number of sulfonamides is 1. The third kappa shape index (κ3) is 6.24. The fourth-order valence-electron chi connectivity index (χ4n) is 2.99. The summed E-state index contributed by atoms with van der Waals surface area (Å²) in [5, 5.41) is 3.00. The number of ketones is 1. The Morgan fingerprint density at radius 1 is 0.935 bits per heavy atom. The molecule has 1 N–H and O–H groups in total. The number of halogens is 1. The minimum absolute atomic E-state index is 0.0590. The van der Waals surface area contributed by atoms with Crippen molar-refractivity contribution in [1.29, 1.82) is 0 Å². The molecular formula is C23H21ClN2O4S. The first kappa shape index (κ1) is 22.7. The third-order valence-corrected chi connectivity index (χ3v) is 5.96. The second-order valence-electron chi connectivity index (χ2n) is 6.95. The minimum Gasteiger partial charge on any atom is -0.324 e. The Bertz CT molecular complexity index is 1180. The first-order chi connectivity index (χ1) is 14.7. The number of hydrogen-bond acceptors (Lipinski definition) is 4. The lowest BCUT2D eigenvalue weighted by Gasteiger charge is -2.20. The summed E-state index contributed by atoms with van der Waals surface area (Å²) in [5.74, 6) is -0.867. The van der Waals surface area contributed by atoms with E-state index in [9.17, 15) is 18.0 Å². The van der Waals surface area contributed by atoms with E-state index in [0.29, 0.717) is 10.6 Å². The normalized spacial score (nSPS) is 11.3. The highest BCUT2D eigenvalue weighted by atomic mass is 35.5. The number of amides is 1. The summed E-state index contributed by atoms with van der Waals surface area (Å²) in [6.45, 7) is -0.334. The van der Waals surface area contributed by atoms with E-state index in [1.807, 2.05) is 6.07 Å². The van der Waals surface area contributed by atoms with Gasteiger partial charge in [-0.25, -0.2) is 8.42 Å². The molecule has 31 heavy (non-hydrogen) atoms. The molecule has 0 spiro atoms. The van der Waals surface area contributed by atoms with E-state index in [2.05, 4.69) is 5.32 Å². The molecule has 0 heterocycles. The number of anilines is 1. The number of nitrogens with one attached hydrogen (secondary N) is 1. The number of carbonyl (C=O) groups is 2. The topological polar surface area (TPSA) is 83.6 Å². The first-order valence-corrected chi connectivity index (χ1v) is 11.6. The van der Waals surface area contributed by atoms with Crippen LogP contribution in [-0.2, 0) is 21.4 Å². The maximum atomic E-state index is 12.9. The van der Waals surface area contributed by atoms with Crippen LogP contribution in [0.2, 0.25) is 5.02 Å². The Morgan fingerprint density at radius 3 is 2.16 bits per heavy atom. The van der Waals surface area contributed by atoms with Gasteiger partial charge in [0, 0.05) is 22.7 Å². The number of hydrogen-bond donors (Lipinski definition) is 1. The Morgan fingerprint density at radius 2 is 1.55 bits per heavy atom. The summed E-state index contributed by atoms with van der Waals surface area (Å²) in [7, 11) is -3.64. The molecule has 6 nitrogen and oxygen atoms in total. The van der Waals surface area contributed by atoms with Gasteiger partial charge in [-0.3, -0.25) is 9.59 Å². The second kappa shape index (κ2) is 9.87. The monoisotopic (exact) mass is 456 g/mol. The summed E-state index contributed by atoms with van der Waals surface area (Å²) < 4.78 is 25.5. The highest BCUT2D eigenvalue weighted by Gasteiger charge is 2.22. The predicted octanol–water partition coefficient (Wildman–Crippen LogP) is 3.97. The SMILES string of the molecule is CS(=O)(=O)N(CC(=O)Nc1ccc(Cl)cc1C(=O)c1ccccc1)Cc1ccccc1. The van der Waals surface area contributed by atoms with Gasteiger partial charge in [0.25, 0.3) is 0 Å². The van der Waals surface area contributed by atoms with Gasteiger partial charge in [0.2, 0.25) is 15.9 Å². The predicted molar refractivity (Wildman–Crippen MR) is 122 cm³/mol. The average Bonchev–Trinajstić information content (AvgIpc) is 2.75. The van der Waals surface area contributed by atoms with Crippen molar-refractivity contribution in [1.82, 2.24) is 4.31 Å². The number of rotatable bonds is 8. The van der Waals surface area contributed by atoms with Crippen LogP contribution >= 0.6 is 11.6 Å². The molecule has 3 aromatic rings.